The first-order valence-corrected chi connectivity index (χ1v) is 7.78. The first-order valence-electron chi connectivity index (χ1n) is 6.46. The van der Waals surface area contributed by atoms with Gasteiger partial charge in [0.05, 0.1) is 16.4 Å². The van der Waals surface area contributed by atoms with Gasteiger partial charge in [-0.3, -0.25) is 9.00 Å². The highest BCUT2D eigenvalue weighted by atomic mass is 32.2. The van der Waals surface area contributed by atoms with Crippen molar-refractivity contribution in [1.82, 2.24) is 5.32 Å². The Morgan fingerprint density at radius 2 is 2.10 bits per heavy atom. The predicted molar refractivity (Wildman–Crippen MR) is 75.1 cm³/mol. The van der Waals surface area contributed by atoms with E-state index in [4.69, 9.17) is 5.11 Å². The molecule has 1 aromatic carbocycles. The number of hydrogen-bond donors (Lipinski definition) is 2. The number of carboxylic acids is 1. The number of rotatable bonds is 6. The van der Waals surface area contributed by atoms with Crippen LogP contribution in [0.4, 0.5) is 0 Å². The van der Waals surface area contributed by atoms with E-state index >= 15 is 0 Å². The number of benzene rings is 1. The van der Waals surface area contributed by atoms with Gasteiger partial charge in [0.25, 0.3) is 0 Å². The third-order valence-corrected chi connectivity index (χ3v) is 4.55. The number of carbonyl (C=O) groups is 2. The Hall–Kier alpha value is -1.69. The molecular weight excluding hydrogens is 278 g/mol. The molecule has 0 spiro atoms. The molecule has 0 radical (unpaired) electrons. The zero-order valence-electron chi connectivity index (χ0n) is 11.2. The van der Waals surface area contributed by atoms with Crippen molar-refractivity contribution >= 4 is 22.7 Å². The summed E-state index contributed by atoms with van der Waals surface area (Å²) in [4.78, 5) is 23.0. The second kappa shape index (κ2) is 6.17. The van der Waals surface area contributed by atoms with Crippen molar-refractivity contribution in [3.8, 4) is 0 Å². The third kappa shape index (κ3) is 3.90. The van der Waals surface area contributed by atoms with Gasteiger partial charge < -0.3 is 10.4 Å². The van der Waals surface area contributed by atoms with E-state index in [-0.39, 0.29) is 17.2 Å². The van der Waals surface area contributed by atoms with Crippen LogP contribution in [0.3, 0.4) is 0 Å². The van der Waals surface area contributed by atoms with Gasteiger partial charge in [-0.15, -0.1) is 0 Å². The summed E-state index contributed by atoms with van der Waals surface area (Å²) in [5.41, 5.74) is 0.727. The summed E-state index contributed by atoms with van der Waals surface area (Å²) in [7, 11) is -1.52. The third-order valence-electron chi connectivity index (χ3n) is 3.25. The van der Waals surface area contributed by atoms with Gasteiger partial charge in [-0.2, -0.15) is 0 Å². The number of aryl methyl sites for hydroxylation is 1. The van der Waals surface area contributed by atoms with Crippen LogP contribution in [-0.4, -0.2) is 33.5 Å². The SMILES string of the molecule is Cc1ccc(S(=O)CC(=O)NCC2CC2)cc1C(=O)O. The molecule has 1 atom stereocenters. The predicted octanol–water partition coefficient (Wildman–Crippen LogP) is 1.33. The summed E-state index contributed by atoms with van der Waals surface area (Å²) >= 11 is 0. The molecule has 1 fully saturated rings. The minimum Gasteiger partial charge on any atom is -0.478 e. The number of nitrogens with one attached hydrogen (secondary N) is 1. The lowest BCUT2D eigenvalue weighted by atomic mass is 10.1. The van der Waals surface area contributed by atoms with Crippen LogP contribution in [0.1, 0.15) is 28.8 Å². The quantitative estimate of drug-likeness (QED) is 0.829. The molecular formula is C14H17NO4S. The average molecular weight is 295 g/mol. The van der Waals surface area contributed by atoms with E-state index in [1.54, 1.807) is 19.1 Å². The summed E-state index contributed by atoms with van der Waals surface area (Å²) in [5, 5.41) is 11.8. The van der Waals surface area contributed by atoms with E-state index in [2.05, 4.69) is 5.32 Å². The van der Waals surface area contributed by atoms with Gasteiger partial charge in [0.1, 0.15) is 5.75 Å². The highest BCUT2D eigenvalue weighted by Crippen LogP contribution is 2.27. The fourth-order valence-electron chi connectivity index (χ4n) is 1.81. The topological polar surface area (TPSA) is 83.5 Å². The fraction of sp³-hybridized carbons (Fsp3) is 0.429. The van der Waals surface area contributed by atoms with Gasteiger partial charge in [-0.05, 0) is 43.4 Å². The van der Waals surface area contributed by atoms with E-state index in [0.717, 1.165) is 12.8 Å². The molecule has 1 amide bonds. The van der Waals surface area contributed by atoms with Gasteiger partial charge >= 0.3 is 5.97 Å². The number of amides is 1. The van der Waals surface area contributed by atoms with Crippen LogP contribution in [0.15, 0.2) is 23.1 Å². The van der Waals surface area contributed by atoms with E-state index < -0.39 is 16.8 Å². The molecule has 1 aliphatic rings. The molecule has 0 aliphatic heterocycles. The maximum Gasteiger partial charge on any atom is 0.335 e. The number of hydrogen-bond acceptors (Lipinski definition) is 3. The smallest absolute Gasteiger partial charge is 0.335 e. The summed E-state index contributed by atoms with van der Waals surface area (Å²) < 4.78 is 12.1. The Balaban J connectivity index is 1.99. The Morgan fingerprint density at radius 1 is 1.40 bits per heavy atom. The van der Waals surface area contributed by atoms with Crippen LogP contribution in [0.2, 0.25) is 0 Å². The minimum atomic E-state index is -1.52. The maximum absolute atomic E-state index is 12.1. The van der Waals surface area contributed by atoms with Crippen molar-refractivity contribution < 1.29 is 18.9 Å². The monoisotopic (exact) mass is 295 g/mol. The molecule has 20 heavy (non-hydrogen) atoms. The summed E-state index contributed by atoms with van der Waals surface area (Å²) in [6.07, 6.45) is 2.28. The molecule has 1 aliphatic carbocycles. The fourth-order valence-corrected chi connectivity index (χ4v) is 2.78. The average Bonchev–Trinajstić information content (AvgIpc) is 3.20. The molecule has 1 aromatic rings. The van der Waals surface area contributed by atoms with Gasteiger partial charge in [-0.1, -0.05) is 6.07 Å². The highest BCUT2D eigenvalue weighted by molar-refractivity contribution is 7.85. The van der Waals surface area contributed by atoms with Crippen molar-refractivity contribution in [3.05, 3.63) is 29.3 Å². The molecule has 0 aromatic heterocycles. The number of aromatic carboxylic acids is 1. The van der Waals surface area contributed by atoms with Crippen molar-refractivity contribution in [3.63, 3.8) is 0 Å². The van der Waals surface area contributed by atoms with Crippen LogP contribution in [0.5, 0.6) is 0 Å². The molecule has 1 unspecified atom stereocenters. The first-order chi connectivity index (χ1) is 9.47. The van der Waals surface area contributed by atoms with Gasteiger partial charge in [0.2, 0.25) is 5.91 Å². The second-order valence-electron chi connectivity index (χ2n) is 5.02. The zero-order valence-corrected chi connectivity index (χ0v) is 12.0. The second-order valence-corrected chi connectivity index (χ2v) is 6.47. The molecule has 0 bridgehead atoms. The largest absolute Gasteiger partial charge is 0.478 e. The van der Waals surface area contributed by atoms with Gasteiger partial charge in [-0.25, -0.2) is 4.79 Å². The van der Waals surface area contributed by atoms with E-state index in [1.165, 1.54) is 6.07 Å². The summed E-state index contributed by atoms with van der Waals surface area (Å²) in [6, 6.07) is 4.59. The van der Waals surface area contributed by atoms with E-state index in [1.807, 2.05) is 0 Å². The zero-order chi connectivity index (χ0) is 14.7. The Kier molecular flexibility index (Phi) is 4.54. The number of carbonyl (C=O) groups excluding carboxylic acids is 1. The number of carboxylic acid groups (broad SMARTS) is 1. The molecule has 6 heteroatoms. The van der Waals surface area contributed by atoms with Crippen molar-refractivity contribution in [1.29, 1.82) is 0 Å². The highest BCUT2D eigenvalue weighted by Gasteiger charge is 2.22. The molecule has 0 heterocycles. The maximum atomic E-state index is 12.1. The summed E-state index contributed by atoms with van der Waals surface area (Å²) in [5.74, 6) is -0.868. The first kappa shape index (κ1) is 14.7. The van der Waals surface area contributed by atoms with Crippen LogP contribution in [0.25, 0.3) is 0 Å². The van der Waals surface area contributed by atoms with Crippen LogP contribution < -0.4 is 5.32 Å². The normalized spacial score (nSPS) is 15.7. The Bertz CT molecular complexity index is 566. The Labute approximate surface area is 119 Å². The minimum absolute atomic E-state index is 0.120. The molecule has 108 valence electrons. The summed E-state index contributed by atoms with van der Waals surface area (Å²) in [6.45, 7) is 2.32. The van der Waals surface area contributed by atoms with Gasteiger partial charge in [0, 0.05) is 11.4 Å². The van der Waals surface area contributed by atoms with Crippen LogP contribution >= 0.6 is 0 Å². The molecule has 0 saturated heterocycles. The van der Waals surface area contributed by atoms with Crippen molar-refractivity contribution in [2.75, 3.05) is 12.3 Å². The lowest BCUT2D eigenvalue weighted by Gasteiger charge is -2.06. The van der Waals surface area contributed by atoms with Crippen LogP contribution in [0, 0.1) is 12.8 Å². The standard InChI is InChI=1S/C14H17NO4S/c1-9-2-5-11(6-12(9)14(17)18)20(19)8-13(16)15-7-10-3-4-10/h2,5-6,10H,3-4,7-8H2,1H3,(H,15,16)(H,17,18). The lowest BCUT2D eigenvalue weighted by Crippen LogP contribution is -2.30. The van der Waals surface area contributed by atoms with Gasteiger partial charge in [0.15, 0.2) is 0 Å². The molecule has 5 nitrogen and oxygen atoms in total. The van der Waals surface area contributed by atoms with E-state index in [9.17, 15) is 13.8 Å². The Morgan fingerprint density at radius 3 is 2.70 bits per heavy atom. The van der Waals surface area contributed by atoms with E-state index in [0.29, 0.717) is 22.9 Å². The lowest BCUT2D eigenvalue weighted by molar-refractivity contribution is -0.118. The van der Waals surface area contributed by atoms with Crippen LogP contribution in [-0.2, 0) is 15.6 Å². The van der Waals surface area contributed by atoms with Crippen molar-refractivity contribution in [2.45, 2.75) is 24.7 Å². The molecule has 2 N–H and O–H groups in total. The molecule has 2 rings (SSSR count). The molecule has 1 saturated carbocycles. The van der Waals surface area contributed by atoms with Crippen molar-refractivity contribution in [2.24, 2.45) is 5.92 Å².